The Labute approximate surface area is 108 Å². The molecule has 0 spiro atoms. The number of nitrogens with two attached hydrogens (primary N) is 1. The van der Waals surface area contributed by atoms with Crippen molar-refractivity contribution in [2.45, 2.75) is 19.4 Å². The molecule has 0 bridgehead atoms. The largest absolute Gasteiger partial charge is 0.496 e. The van der Waals surface area contributed by atoms with Gasteiger partial charge in [0.2, 0.25) is 0 Å². The second-order valence-electron chi connectivity index (χ2n) is 3.73. The minimum atomic E-state index is -0.262. The van der Waals surface area contributed by atoms with Crippen LogP contribution >= 0.6 is 12.4 Å². The number of benzene rings is 1. The highest BCUT2D eigenvalue weighted by atomic mass is 35.5. The molecule has 0 aromatic heterocycles. The van der Waals surface area contributed by atoms with Crippen LogP contribution in [0.3, 0.4) is 0 Å². The Morgan fingerprint density at radius 1 is 1.29 bits per heavy atom. The summed E-state index contributed by atoms with van der Waals surface area (Å²) in [4.78, 5) is 0. The smallest absolute Gasteiger partial charge is 0.128 e. The summed E-state index contributed by atoms with van der Waals surface area (Å²) in [5.74, 6) is 1.57. The molecule has 1 rings (SSSR count). The standard InChI is InChI=1S/C12H19NO3.ClH/c1-8-11(15-2)5-4-9(12(8)16-3)6-10(13)7-14;/h4-5,10,14H,6-7,13H2,1-3H3;1H. The molecule has 1 atom stereocenters. The van der Waals surface area contributed by atoms with Crippen molar-refractivity contribution in [2.75, 3.05) is 20.8 Å². The van der Waals surface area contributed by atoms with E-state index in [-0.39, 0.29) is 25.1 Å². The van der Waals surface area contributed by atoms with E-state index in [0.29, 0.717) is 6.42 Å². The van der Waals surface area contributed by atoms with Gasteiger partial charge in [-0.25, -0.2) is 0 Å². The summed E-state index contributed by atoms with van der Waals surface area (Å²) in [6, 6.07) is 3.54. The van der Waals surface area contributed by atoms with E-state index in [4.69, 9.17) is 20.3 Å². The summed E-state index contributed by atoms with van der Waals surface area (Å²) in [5.41, 5.74) is 7.65. The Hall–Kier alpha value is -0.970. The molecule has 98 valence electrons. The average molecular weight is 262 g/mol. The first-order chi connectivity index (χ1) is 7.63. The highest BCUT2D eigenvalue weighted by Gasteiger charge is 2.13. The van der Waals surface area contributed by atoms with Crippen molar-refractivity contribution >= 4 is 12.4 Å². The second kappa shape index (κ2) is 7.37. The summed E-state index contributed by atoms with van der Waals surface area (Å²) in [7, 11) is 3.25. The molecular formula is C12H20ClNO3. The van der Waals surface area contributed by atoms with Gasteiger partial charge in [-0.1, -0.05) is 6.07 Å². The number of methoxy groups -OCH3 is 2. The lowest BCUT2D eigenvalue weighted by Crippen LogP contribution is -2.27. The molecule has 0 aliphatic carbocycles. The molecule has 0 fully saturated rings. The molecule has 1 aromatic rings. The molecule has 0 aliphatic heterocycles. The van der Waals surface area contributed by atoms with E-state index >= 15 is 0 Å². The van der Waals surface area contributed by atoms with Crippen molar-refractivity contribution < 1.29 is 14.6 Å². The van der Waals surface area contributed by atoms with Gasteiger partial charge < -0.3 is 20.3 Å². The second-order valence-corrected chi connectivity index (χ2v) is 3.73. The van der Waals surface area contributed by atoms with E-state index in [1.807, 2.05) is 19.1 Å². The van der Waals surface area contributed by atoms with Crippen molar-refractivity contribution in [2.24, 2.45) is 5.73 Å². The topological polar surface area (TPSA) is 64.7 Å². The molecule has 4 nitrogen and oxygen atoms in total. The number of rotatable bonds is 5. The van der Waals surface area contributed by atoms with E-state index < -0.39 is 0 Å². The van der Waals surface area contributed by atoms with Crippen molar-refractivity contribution in [3.8, 4) is 11.5 Å². The molecule has 0 aliphatic rings. The summed E-state index contributed by atoms with van der Waals surface area (Å²) >= 11 is 0. The zero-order valence-electron chi connectivity index (χ0n) is 10.4. The van der Waals surface area contributed by atoms with Crippen LogP contribution in [-0.2, 0) is 6.42 Å². The van der Waals surface area contributed by atoms with Gasteiger partial charge >= 0.3 is 0 Å². The predicted molar refractivity (Wildman–Crippen MR) is 70.3 cm³/mol. The average Bonchev–Trinajstić information content (AvgIpc) is 2.29. The molecule has 0 saturated carbocycles. The van der Waals surface area contributed by atoms with E-state index in [9.17, 15) is 0 Å². The van der Waals surface area contributed by atoms with Gasteiger partial charge in [0.15, 0.2) is 0 Å². The molecule has 1 aromatic carbocycles. The maximum atomic E-state index is 8.94. The Morgan fingerprint density at radius 2 is 1.94 bits per heavy atom. The summed E-state index contributed by atoms with van der Waals surface area (Å²) < 4.78 is 10.6. The highest BCUT2D eigenvalue weighted by molar-refractivity contribution is 5.85. The third-order valence-electron chi connectivity index (χ3n) is 2.58. The van der Waals surface area contributed by atoms with Gasteiger partial charge in [-0.15, -0.1) is 12.4 Å². The van der Waals surface area contributed by atoms with E-state index in [2.05, 4.69) is 0 Å². The minimum absolute atomic E-state index is 0. The van der Waals surface area contributed by atoms with Gasteiger partial charge in [0.05, 0.1) is 20.8 Å². The van der Waals surface area contributed by atoms with Gasteiger partial charge in [0.25, 0.3) is 0 Å². The van der Waals surface area contributed by atoms with Crippen molar-refractivity contribution in [1.82, 2.24) is 0 Å². The van der Waals surface area contributed by atoms with Gasteiger partial charge in [-0.3, -0.25) is 0 Å². The quantitative estimate of drug-likeness (QED) is 0.839. The van der Waals surface area contributed by atoms with Crippen molar-refractivity contribution in [3.63, 3.8) is 0 Å². The SMILES string of the molecule is COc1ccc(CC(N)CO)c(OC)c1C.Cl. The van der Waals surface area contributed by atoms with Crippen LogP contribution in [0, 0.1) is 6.92 Å². The van der Waals surface area contributed by atoms with Crippen LogP contribution in [0.2, 0.25) is 0 Å². The molecule has 5 heteroatoms. The maximum Gasteiger partial charge on any atom is 0.128 e. The molecule has 0 radical (unpaired) electrons. The van der Waals surface area contributed by atoms with Crippen molar-refractivity contribution in [3.05, 3.63) is 23.3 Å². The summed E-state index contributed by atoms with van der Waals surface area (Å²) in [5, 5.41) is 8.94. The predicted octanol–water partition coefficient (Wildman–Crippen LogP) is 1.30. The Morgan fingerprint density at radius 3 is 2.41 bits per heavy atom. The fourth-order valence-corrected chi connectivity index (χ4v) is 1.74. The summed E-state index contributed by atoms with van der Waals surface area (Å²) in [6.45, 7) is 1.90. The van der Waals surface area contributed by atoms with Crippen LogP contribution in [0.1, 0.15) is 11.1 Å². The van der Waals surface area contributed by atoms with Crippen LogP contribution in [0.25, 0.3) is 0 Å². The minimum Gasteiger partial charge on any atom is -0.496 e. The highest BCUT2D eigenvalue weighted by Crippen LogP contribution is 2.31. The van der Waals surface area contributed by atoms with Crippen LogP contribution in [0.5, 0.6) is 11.5 Å². The number of hydrogen-bond acceptors (Lipinski definition) is 4. The van der Waals surface area contributed by atoms with E-state index in [0.717, 1.165) is 22.6 Å². The van der Waals surface area contributed by atoms with Crippen LogP contribution in [-0.4, -0.2) is 32.0 Å². The van der Waals surface area contributed by atoms with Crippen LogP contribution in [0.4, 0.5) is 0 Å². The Kier molecular flexibility index (Phi) is 6.95. The molecule has 0 heterocycles. The molecule has 0 amide bonds. The zero-order valence-corrected chi connectivity index (χ0v) is 11.2. The van der Waals surface area contributed by atoms with Crippen molar-refractivity contribution in [1.29, 1.82) is 0 Å². The number of ether oxygens (including phenoxy) is 2. The van der Waals surface area contributed by atoms with Gasteiger partial charge in [-0.2, -0.15) is 0 Å². The fourth-order valence-electron chi connectivity index (χ4n) is 1.74. The third-order valence-corrected chi connectivity index (χ3v) is 2.58. The molecular weight excluding hydrogens is 242 g/mol. The maximum absolute atomic E-state index is 8.94. The third kappa shape index (κ3) is 3.77. The summed E-state index contributed by atoms with van der Waals surface area (Å²) in [6.07, 6.45) is 0.588. The van der Waals surface area contributed by atoms with E-state index in [1.54, 1.807) is 14.2 Å². The lowest BCUT2D eigenvalue weighted by Gasteiger charge is -2.16. The lowest BCUT2D eigenvalue weighted by atomic mass is 10.0. The Bertz CT molecular complexity index is 358. The van der Waals surface area contributed by atoms with Gasteiger partial charge in [0.1, 0.15) is 11.5 Å². The number of halogens is 1. The Balaban J connectivity index is 0.00000256. The first-order valence-corrected chi connectivity index (χ1v) is 5.21. The van der Waals surface area contributed by atoms with Gasteiger partial charge in [0, 0.05) is 11.6 Å². The van der Waals surface area contributed by atoms with E-state index in [1.165, 1.54) is 0 Å². The number of aliphatic hydroxyl groups excluding tert-OH is 1. The van der Waals surface area contributed by atoms with Gasteiger partial charge in [-0.05, 0) is 25.0 Å². The van der Waals surface area contributed by atoms with Crippen LogP contribution in [0.15, 0.2) is 12.1 Å². The molecule has 17 heavy (non-hydrogen) atoms. The molecule has 3 N–H and O–H groups in total. The lowest BCUT2D eigenvalue weighted by molar-refractivity contribution is 0.264. The normalized spacial score (nSPS) is 11.6. The molecule has 0 saturated heterocycles. The number of hydrogen-bond donors (Lipinski definition) is 2. The first-order valence-electron chi connectivity index (χ1n) is 5.21. The monoisotopic (exact) mass is 261 g/mol. The van der Waals surface area contributed by atoms with Crippen LogP contribution < -0.4 is 15.2 Å². The molecule has 1 unspecified atom stereocenters. The fraction of sp³-hybridized carbons (Fsp3) is 0.500. The first kappa shape index (κ1) is 16.0. The zero-order chi connectivity index (χ0) is 12.1. The number of aliphatic hydroxyl groups is 1.